The normalized spacial score (nSPS) is 9.83. The molecule has 0 fully saturated rings. The third-order valence-corrected chi connectivity index (χ3v) is 3.20. The molecule has 0 saturated carbocycles. The highest BCUT2D eigenvalue weighted by atomic mass is 35.5. The Morgan fingerprint density at radius 2 is 1.89 bits per heavy atom. The molecule has 2 aromatic carbocycles. The largest absolute Gasteiger partial charge is 0.399 e. The van der Waals surface area contributed by atoms with E-state index in [9.17, 15) is 0 Å². The highest BCUT2D eigenvalue weighted by Crippen LogP contribution is 2.32. The van der Waals surface area contributed by atoms with E-state index in [0.717, 1.165) is 0 Å². The van der Waals surface area contributed by atoms with E-state index in [0.29, 0.717) is 32.7 Å². The standard InChI is InChI=1S/C13H9Cl2N3/c14-10-2-1-3-12(13(10)15)18-11-5-4-9(17)6-8(11)7-16/h1-6,18H,17H2. The van der Waals surface area contributed by atoms with Crippen molar-refractivity contribution in [3.8, 4) is 6.07 Å². The number of hydrogen-bond donors (Lipinski definition) is 2. The van der Waals surface area contributed by atoms with Gasteiger partial charge in [0.05, 0.1) is 27.0 Å². The number of anilines is 3. The van der Waals surface area contributed by atoms with Gasteiger partial charge in [0.25, 0.3) is 0 Å². The number of halogens is 2. The first-order chi connectivity index (χ1) is 8.61. The van der Waals surface area contributed by atoms with E-state index in [4.69, 9.17) is 34.2 Å². The van der Waals surface area contributed by atoms with Crippen LogP contribution in [0.4, 0.5) is 17.1 Å². The van der Waals surface area contributed by atoms with Crippen LogP contribution in [0.2, 0.25) is 10.0 Å². The second-order valence-electron chi connectivity index (χ2n) is 3.64. The minimum absolute atomic E-state index is 0.417. The number of nitrogens with zero attached hydrogens (tertiary/aromatic N) is 1. The molecule has 3 N–H and O–H groups in total. The first-order valence-electron chi connectivity index (χ1n) is 5.12. The average molecular weight is 278 g/mol. The number of nitriles is 1. The molecule has 0 bridgehead atoms. The van der Waals surface area contributed by atoms with Crippen molar-refractivity contribution in [2.75, 3.05) is 11.1 Å². The Morgan fingerprint density at radius 1 is 1.11 bits per heavy atom. The molecular weight excluding hydrogens is 269 g/mol. The van der Waals surface area contributed by atoms with Gasteiger partial charge in [0.2, 0.25) is 0 Å². The molecule has 0 atom stereocenters. The Morgan fingerprint density at radius 3 is 2.61 bits per heavy atom. The van der Waals surface area contributed by atoms with Crippen LogP contribution in [0.15, 0.2) is 36.4 Å². The first-order valence-corrected chi connectivity index (χ1v) is 5.88. The summed E-state index contributed by atoms with van der Waals surface area (Å²) in [6.07, 6.45) is 0. The van der Waals surface area contributed by atoms with E-state index in [1.807, 2.05) is 0 Å². The molecule has 0 aliphatic rings. The highest BCUT2D eigenvalue weighted by molar-refractivity contribution is 6.43. The molecule has 0 aliphatic carbocycles. The summed E-state index contributed by atoms with van der Waals surface area (Å²) >= 11 is 12.0. The van der Waals surface area contributed by atoms with Gasteiger partial charge in [0, 0.05) is 5.69 Å². The van der Waals surface area contributed by atoms with Gasteiger partial charge in [-0.15, -0.1) is 0 Å². The molecule has 2 rings (SSSR count). The molecule has 90 valence electrons. The Balaban J connectivity index is 2.41. The van der Waals surface area contributed by atoms with Crippen molar-refractivity contribution in [2.24, 2.45) is 0 Å². The van der Waals surface area contributed by atoms with Gasteiger partial charge in [0.1, 0.15) is 6.07 Å². The lowest BCUT2D eigenvalue weighted by atomic mass is 10.1. The van der Waals surface area contributed by atoms with E-state index >= 15 is 0 Å². The van der Waals surface area contributed by atoms with E-state index < -0.39 is 0 Å². The lowest BCUT2D eigenvalue weighted by Gasteiger charge is -2.11. The van der Waals surface area contributed by atoms with Crippen LogP contribution >= 0.6 is 23.2 Å². The fraction of sp³-hybridized carbons (Fsp3) is 0. The molecule has 0 saturated heterocycles. The van der Waals surface area contributed by atoms with Crippen molar-refractivity contribution in [1.82, 2.24) is 0 Å². The van der Waals surface area contributed by atoms with Crippen molar-refractivity contribution in [3.05, 3.63) is 52.0 Å². The van der Waals surface area contributed by atoms with Gasteiger partial charge >= 0.3 is 0 Å². The highest BCUT2D eigenvalue weighted by Gasteiger charge is 2.07. The molecule has 0 heterocycles. The maximum atomic E-state index is 9.04. The van der Waals surface area contributed by atoms with E-state index in [1.54, 1.807) is 36.4 Å². The molecule has 3 nitrogen and oxygen atoms in total. The van der Waals surface area contributed by atoms with Gasteiger partial charge in [-0.25, -0.2) is 0 Å². The van der Waals surface area contributed by atoms with Crippen LogP contribution in [-0.2, 0) is 0 Å². The van der Waals surface area contributed by atoms with Gasteiger partial charge in [-0.2, -0.15) is 5.26 Å². The Labute approximate surface area is 115 Å². The third-order valence-electron chi connectivity index (χ3n) is 2.39. The summed E-state index contributed by atoms with van der Waals surface area (Å²) in [5, 5.41) is 13.0. The summed E-state index contributed by atoms with van der Waals surface area (Å²) in [4.78, 5) is 0. The maximum Gasteiger partial charge on any atom is 0.101 e. The number of nitrogens with one attached hydrogen (secondary N) is 1. The second-order valence-corrected chi connectivity index (χ2v) is 4.43. The van der Waals surface area contributed by atoms with Crippen molar-refractivity contribution >= 4 is 40.3 Å². The number of hydrogen-bond acceptors (Lipinski definition) is 3. The average Bonchev–Trinajstić information content (AvgIpc) is 2.37. The van der Waals surface area contributed by atoms with Gasteiger partial charge < -0.3 is 11.1 Å². The van der Waals surface area contributed by atoms with Crippen molar-refractivity contribution < 1.29 is 0 Å². The summed E-state index contributed by atoms with van der Waals surface area (Å²) in [7, 11) is 0. The summed E-state index contributed by atoms with van der Waals surface area (Å²) in [5.74, 6) is 0. The summed E-state index contributed by atoms with van der Waals surface area (Å²) in [5.41, 5.74) is 7.89. The van der Waals surface area contributed by atoms with Gasteiger partial charge in [-0.1, -0.05) is 29.3 Å². The minimum Gasteiger partial charge on any atom is -0.399 e. The molecule has 2 aromatic rings. The zero-order valence-electron chi connectivity index (χ0n) is 9.24. The van der Waals surface area contributed by atoms with Gasteiger partial charge in [-0.05, 0) is 30.3 Å². The zero-order valence-corrected chi connectivity index (χ0v) is 10.8. The van der Waals surface area contributed by atoms with Crippen molar-refractivity contribution in [1.29, 1.82) is 5.26 Å². The molecule has 0 amide bonds. The van der Waals surface area contributed by atoms with Crippen molar-refractivity contribution in [2.45, 2.75) is 0 Å². The summed E-state index contributed by atoms with van der Waals surface area (Å²) in [6.45, 7) is 0. The maximum absolute atomic E-state index is 9.04. The quantitative estimate of drug-likeness (QED) is 0.809. The Bertz CT molecular complexity index is 633. The molecular formula is C13H9Cl2N3. The molecule has 0 unspecified atom stereocenters. The van der Waals surface area contributed by atoms with Crippen LogP contribution < -0.4 is 11.1 Å². The number of nitrogens with two attached hydrogens (primary N) is 1. The monoisotopic (exact) mass is 277 g/mol. The summed E-state index contributed by atoms with van der Waals surface area (Å²) in [6, 6.07) is 12.4. The third kappa shape index (κ3) is 2.51. The molecule has 0 aliphatic heterocycles. The number of benzene rings is 2. The predicted molar refractivity (Wildman–Crippen MR) is 75.3 cm³/mol. The van der Waals surface area contributed by atoms with Crippen LogP contribution in [0.1, 0.15) is 5.56 Å². The van der Waals surface area contributed by atoms with Gasteiger partial charge in [-0.3, -0.25) is 0 Å². The van der Waals surface area contributed by atoms with Crippen LogP contribution in [0.25, 0.3) is 0 Å². The fourth-order valence-electron chi connectivity index (χ4n) is 1.51. The van der Waals surface area contributed by atoms with Crippen LogP contribution in [0.3, 0.4) is 0 Å². The minimum atomic E-state index is 0.417. The SMILES string of the molecule is N#Cc1cc(N)ccc1Nc1cccc(Cl)c1Cl. The molecule has 5 heteroatoms. The Hall–Kier alpha value is -1.89. The lowest BCUT2D eigenvalue weighted by Crippen LogP contribution is -1.96. The lowest BCUT2D eigenvalue weighted by molar-refractivity contribution is 1.46. The van der Waals surface area contributed by atoms with Gasteiger partial charge in [0.15, 0.2) is 0 Å². The smallest absolute Gasteiger partial charge is 0.101 e. The van der Waals surface area contributed by atoms with E-state index in [2.05, 4.69) is 11.4 Å². The predicted octanol–water partition coefficient (Wildman–Crippen LogP) is 4.19. The number of rotatable bonds is 2. The fourth-order valence-corrected chi connectivity index (χ4v) is 1.86. The topological polar surface area (TPSA) is 61.8 Å². The van der Waals surface area contributed by atoms with E-state index in [1.165, 1.54) is 0 Å². The summed E-state index contributed by atoms with van der Waals surface area (Å²) < 4.78 is 0. The molecule has 0 radical (unpaired) electrons. The first kappa shape index (κ1) is 12.6. The Kier molecular flexibility index (Phi) is 3.61. The van der Waals surface area contributed by atoms with Crippen LogP contribution in [-0.4, -0.2) is 0 Å². The zero-order chi connectivity index (χ0) is 13.1. The molecule has 0 spiro atoms. The second kappa shape index (κ2) is 5.18. The molecule has 18 heavy (non-hydrogen) atoms. The molecule has 0 aromatic heterocycles. The van der Waals surface area contributed by atoms with Crippen molar-refractivity contribution in [3.63, 3.8) is 0 Å². The van der Waals surface area contributed by atoms with Crippen LogP contribution in [0, 0.1) is 11.3 Å². The number of nitrogen functional groups attached to an aromatic ring is 1. The van der Waals surface area contributed by atoms with E-state index in [-0.39, 0.29) is 0 Å². The van der Waals surface area contributed by atoms with Crippen LogP contribution in [0.5, 0.6) is 0 Å².